The molecule has 0 spiro atoms. The van der Waals surface area contributed by atoms with Crippen molar-refractivity contribution in [3.8, 4) is 5.75 Å². The Labute approximate surface area is 152 Å². The number of rotatable bonds is 6. The van der Waals surface area contributed by atoms with Crippen LogP contribution in [-0.2, 0) is 10.5 Å². The lowest BCUT2D eigenvalue weighted by Gasteiger charge is -2.07. The molecule has 0 unspecified atom stereocenters. The third-order valence-electron chi connectivity index (χ3n) is 3.37. The molecule has 0 fully saturated rings. The number of ether oxygens (including phenoxy) is 1. The van der Waals surface area contributed by atoms with Gasteiger partial charge in [-0.1, -0.05) is 6.07 Å². The Morgan fingerprint density at radius 2 is 2.24 bits per heavy atom. The molecule has 0 radical (unpaired) electrons. The van der Waals surface area contributed by atoms with Gasteiger partial charge in [0.05, 0.1) is 18.6 Å². The minimum absolute atomic E-state index is 0.0919. The van der Waals surface area contributed by atoms with Gasteiger partial charge in [-0.15, -0.1) is 23.1 Å². The van der Waals surface area contributed by atoms with Crippen molar-refractivity contribution < 1.29 is 9.53 Å². The van der Waals surface area contributed by atoms with Gasteiger partial charge in [-0.05, 0) is 19.1 Å². The van der Waals surface area contributed by atoms with E-state index in [0.29, 0.717) is 27.8 Å². The van der Waals surface area contributed by atoms with Gasteiger partial charge in [0.15, 0.2) is 4.96 Å². The molecule has 1 amide bonds. The van der Waals surface area contributed by atoms with E-state index in [2.05, 4.69) is 10.3 Å². The van der Waals surface area contributed by atoms with Gasteiger partial charge in [-0.25, -0.2) is 4.98 Å². The zero-order chi connectivity index (χ0) is 17.8. The number of aromatic nitrogens is 2. The first-order valence-electron chi connectivity index (χ1n) is 7.55. The Hall–Kier alpha value is -2.32. The molecule has 0 saturated heterocycles. The van der Waals surface area contributed by atoms with Gasteiger partial charge >= 0.3 is 0 Å². The second kappa shape index (κ2) is 7.71. The van der Waals surface area contributed by atoms with Gasteiger partial charge in [-0.2, -0.15) is 0 Å². The van der Waals surface area contributed by atoms with E-state index in [4.69, 9.17) is 4.74 Å². The summed E-state index contributed by atoms with van der Waals surface area (Å²) in [7, 11) is 1.58. The van der Waals surface area contributed by atoms with Crippen molar-refractivity contribution in [2.75, 3.05) is 18.2 Å². The van der Waals surface area contributed by atoms with Crippen LogP contribution in [0.1, 0.15) is 10.6 Å². The maximum absolute atomic E-state index is 12.0. The molecule has 0 saturated carbocycles. The molecule has 0 aliphatic heterocycles. The number of anilines is 1. The molecule has 0 bridgehead atoms. The quantitative estimate of drug-likeness (QED) is 0.717. The first kappa shape index (κ1) is 17.5. The van der Waals surface area contributed by atoms with Crippen molar-refractivity contribution in [2.24, 2.45) is 0 Å². The Kier molecular flexibility index (Phi) is 5.40. The standard InChI is InChI=1S/C17H17N3O3S2/c1-11-8-20-16(22)7-13(19-17(20)25-11)9-24-10-15(21)18-12-4-3-5-14(6-12)23-2/h3-8H,9-10H2,1-2H3,(H,18,21). The molecule has 6 nitrogen and oxygen atoms in total. The second-order valence-electron chi connectivity index (χ2n) is 5.35. The lowest BCUT2D eigenvalue weighted by Crippen LogP contribution is -2.15. The molecule has 1 N–H and O–H groups in total. The summed E-state index contributed by atoms with van der Waals surface area (Å²) in [5.74, 6) is 1.37. The molecule has 0 aliphatic rings. The number of amides is 1. The highest BCUT2D eigenvalue weighted by Gasteiger charge is 2.08. The van der Waals surface area contributed by atoms with Gasteiger partial charge < -0.3 is 10.1 Å². The van der Waals surface area contributed by atoms with Crippen LogP contribution in [0.15, 0.2) is 41.3 Å². The SMILES string of the molecule is COc1cccc(NC(=O)CSCc2cc(=O)n3cc(C)sc3n2)c1. The summed E-state index contributed by atoms with van der Waals surface area (Å²) < 4.78 is 6.67. The van der Waals surface area contributed by atoms with Crippen LogP contribution in [0.4, 0.5) is 5.69 Å². The summed E-state index contributed by atoms with van der Waals surface area (Å²) in [6.07, 6.45) is 1.79. The van der Waals surface area contributed by atoms with E-state index in [-0.39, 0.29) is 17.2 Å². The van der Waals surface area contributed by atoms with E-state index in [0.717, 1.165) is 4.88 Å². The monoisotopic (exact) mass is 375 g/mol. The third kappa shape index (κ3) is 4.40. The van der Waals surface area contributed by atoms with Crippen LogP contribution in [0.25, 0.3) is 4.96 Å². The smallest absolute Gasteiger partial charge is 0.258 e. The zero-order valence-electron chi connectivity index (χ0n) is 13.8. The summed E-state index contributed by atoms with van der Waals surface area (Å²) in [6.45, 7) is 1.94. The van der Waals surface area contributed by atoms with Gasteiger partial charge in [0, 0.05) is 34.6 Å². The number of thioether (sulfide) groups is 1. The van der Waals surface area contributed by atoms with Crippen LogP contribution in [0.2, 0.25) is 0 Å². The number of benzene rings is 1. The molecular weight excluding hydrogens is 358 g/mol. The van der Waals surface area contributed by atoms with Crippen LogP contribution in [0.3, 0.4) is 0 Å². The largest absolute Gasteiger partial charge is 0.497 e. The lowest BCUT2D eigenvalue weighted by atomic mass is 10.3. The number of fused-ring (bicyclic) bond motifs is 1. The van der Waals surface area contributed by atoms with Crippen LogP contribution >= 0.6 is 23.1 Å². The van der Waals surface area contributed by atoms with Crippen molar-refractivity contribution in [1.82, 2.24) is 9.38 Å². The number of methoxy groups -OCH3 is 1. The Bertz CT molecular complexity index is 965. The van der Waals surface area contributed by atoms with Crippen molar-refractivity contribution in [1.29, 1.82) is 0 Å². The topological polar surface area (TPSA) is 72.7 Å². The summed E-state index contributed by atoms with van der Waals surface area (Å²) in [5, 5.41) is 2.82. The fourth-order valence-corrected chi connectivity index (χ4v) is 3.85. The molecule has 2 aromatic heterocycles. The second-order valence-corrected chi connectivity index (χ2v) is 7.55. The summed E-state index contributed by atoms with van der Waals surface area (Å²) >= 11 is 2.90. The Morgan fingerprint density at radius 1 is 1.40 bits per heavy atom. The van der Waals surface area contributed by atoms with E-state index in [1.54, 1.807) is 29.8 Å². The normalized spacial score (nSPS) is 10.8. The molecule has 8 heteroatoms. The minimum atomic E-state index is -0.108. The van der Waals surface area contributed by atoms with Crippen molar-refractivity contribution in [2.45, 2.75) is 12.7 Å². The fraction of sp³-hybridized carbons (Fsp3) is 0.235. The number of nitrogens with zero attached hydrogens (tertiary/aromatic N) is 2. The van der Waals surface area contributed by atoms with E-state index in [1.807, 2.05) is 19.1 Å². The van der Waals surface area contributed by atoms with Gasteiger partial charge in [0.25, 0.3) is 5.56 Å². The van der Waals surface area contributed by atoms with Gasteiger partial charge in [0.2, 0.25) is 5.91 Å². The van der Waals surface area contributed by atoms with E-state index in [1.165, 1.54) is 29.2 Å². The van der Waals surface area contributed by atoms with E-state index < -0.39 is 0 Å². The molecular formula is C17H17N3O3S2. The predicted molar refractivity (Wildman–Crippen MR) is 102 cm³/mol. The highest BCUT2D eigenvalue weighted by molar-refractivity contribution is 7.99. The summed E-state index contributed by atoms with van der Waals surface area (Å²) in [5.41, 5.74) is 1.29. The Morgan fingerprint density at radius 3 is 3.04 bits per heavy atom. The molecule has 3 aromatic rings. The first-order valence-corrected chi connectivity index (χ1v) is 9.52. The van der Waals surface area contributed by atoms with Crippen LogP contribution in [0, 0.1) is 6.92 Å². The highest BCUT2D eigenvalue weighted by Crippen LogP contribution is 2.18. The Balaban J connectivity index is 1.57. The van der Waals surface area contributed by atoms with Crippen LogP contribution in [0.5, 0.6) is 5.75 Å². The van der Waals surface area contributed by atoms with Crippen molar-refractivity contribution >= 4 is 39.7 Å². The predicted octanol–water partition coefficient (Wildman–Crippen LogP) is 2.94. The van der Waals surface area contributed by atoms with Crippen LogP contribution in [-0.4, -0.2) is 28.2 Å². The molecule has 2 heterocycles. The lowest BCUT2D eigenvalue weighted by molar-refractivity contribution is -0.113. The molecule has 3 rings (SSSR count). The molecule has 130 valence electrons. The first-order chi connectivity index (χ1) is 12.0. The maximum atomic E-state index is 12.0. The number of hydrogen-bond donors (Lipinski definition) is 1. The molecule has 1 aromatic carbocycles. The number of carbonyl (C=O) groups is 1. The minimum Gasteiger partial charge on any atom is -0.497 e. The average Bonchev–Trinajstić information content (AvgIpc) is 2.96. The average molecular weight is 375 g/mol. The number of hydrogen-bond acceptors (Lipinski definition) is 6. The van der Waals surface area contributed by atoms with Crippen molar-refractivity contribution in [3.63, 3.8) is 0 Å². The molecule has 25 heavy (non-hydrogen) atoms. The third-order valence-corrected chi connectivity index (χ3v) is 5.24. The van der Waals surface area contributed by atoms with Crippen molar-refractivity contribution in [3.05, 3.63) is 57.5 Å². The van der Waals surface area contributed by atoms with E-state index in [9.17, 15) is 9.59 Å². The number of carbonyl (C=O) groups excluding carboxylic acids is 1. The number of aryl methyl sites for hydroxylation is 1. The van der Waals surface area contributed by atoms with Crippen LogP contribution < -0.4 is 15.6 Å². The summed E-state index contributed by atoms with van der Waals surface area (Å²) in [4.78, 5) is 30.3. The highest BCUT2D eigenvalue weighted by atomic mass is 32.2. The number of thiazole rings is 1. The van der Waals surface area contributed by atoms with Gasteiger partial charge in [-0.3, -0.25) is 14.0 Å². The fourth-order valence-electron chi connectivity index (χ4n) is 2.28. The number of nitrogens with one attached hydrogen (secondary N) is 1. The van der Waals surface area contributed by atoms with E-state index >= 15 is 0 Å². The molecule has 0 aliphatic carbocycles. The van der Waals surface area contributed by atoms with Gasteiger partial charge in [0.1, 0.15) is 5.75 Å². The zero-order valence-corrected chi connectivity index (χ0v) is 15.4. The summed E-state index contributed by atoms with van der Waals surface area (Å²) in [6, 6.07) is 8.72. The molecule has 0 atom stereocenters. The maximum Gasteiger partial charge on any atom is 0.258 e.